The van der Waals surface area contributed by atoms with Gasteiger partial charge in [-0.15, -0.1) is 0 Å². The molecule has 0 saturated heterocycles. The van der Waals surface area contributed by atoms with Gasteiger partial charge in [-0.2, -0.15) is 0 Å². The lowest BCUT2D eigenvalue weighted by Gasteiger charge is -2.35. The molecular formula is C17H27N. The zero-order valence-corrected chi connectivity index (χ0v) is 12.1. The Balaban J connectivity index is 2.21. The van der Waals surface area contributed by atoms with E-state index >= 15 is 0 Å². The van der Waals surface area contributed by atoms with Gasteiger partial charge < -0.3 is 5.32 Å². The molecule has 0 spiro atoms. The highest BCUT2D eigenvalue weighted by Crippen LogP contribution is 2.47. The van der Waals surface area contributed by atoms with E-state index in [9.17, 15) is 0 Å². The minimum atomic E-state index is 0.449. The molecule has 1 nitrogen and oxygen atoms in total. The predicted octanol–water partition coefficient (Wildman–Crippen LogP) is 4.62. The minimum Gasteiger partial charge on any atom is -0.309 e. The van der Waals surface area contributed by atoms with Gasteiger partial charge in [-0.05, 0) is 43.7 Å². The second-order valence-corrected chi connectivity index (χ2v) is 6.16. The fourth-order valence-corrected chi connectivity index (χ4v) is 3.29. The van der Waals surface area contributed by atoms with Crippen molar-refractivity contribution in [1.82, 2.24) is 5.32 Å². The van der Waals surface area contributed by atoms with E-state index in [0.717, 1.165) is 6.54 Å². The summed E-state index contributed by atoms with van der Waals surface area (Å²) in [5.41, 5.74) is 3.27. The van der Waals surface area contributed by atoms with Crippen molar-refractivity contribution in [3.05, 3.63) is 35.4 Å². The first-order chi connectivity index (χ1) is 8.65. The number of hydrogen-bond donors (Lipinski definition) is 1. The maximum absolute atomic E-state index is 3.79. The number of benzene rings is 1. The molecule has 1 aliphatic carbocycles. The molecule has 0 amide bonds. The Morgan fingerprint density at radius 2 is 1.78 bits per heavy atom. The molecule has 1 heteroatoms. The van der Waals surface area contributed by atoms with Gasteiger partial charge in [-0.3, -0.25) is 0 Å². The number of aryl methyl sites for hydroxylation is 1. The molecule has 1 N–H and O–H groups in total. The topological polar surface area (TPSA) is 12.0 Å². The fourth-order valence-electron chi connectivity index (χ4n) is 3.29. The van der Waals surface area contributed by atoms with Crippen molar-refractivity contribution in [2.75, 3.05) is 6.54 Å². The highest BCUT2D eigenvalue weighted by atomic mass is 14.9. The lowest BCUT2D eigenvalue weighted by atomic mass is 9.77. The normalized spacial score (nSPS) is 19.9. The highest BCUT2D eigenvalue weighted by molar-refractivity contribution is 5.26. The highest BCUT2D eigenvalue weighted by Gasteiger charge is 2.37. The Bertz CT molecular complexity index is 360. The van der Waals surface area contributed by atoms with Crippen molar-refractivity contribution in [2.24, 2.45) is 5.41 Å². The molecule has 18 heavy (non-hydrogen) atoms. The summed E-state index contributed by atoms with van der Waals surface area (Å²) in [6.45, 7) is 7.99. The summed E-state index contributed by atoms with van der Waals surface area (Å²) in [5.74, 6) is 0. The summed E-state index contributed by atoms with van der Waals surface area (Å²) >= 11 is 0. The van der Waals surface area contributed by atoms with Gasteiger partial charge in [0.1, 0.15) is 0 Å². The molecule has 1 saturated carbocycles. The van der Waals surface area contributed by atoms with Crippen LogP contribution in [0.2, 0.25) is 0 Å². The van der Waals surface area contributed by atoms with Gasteiger partial charge in [-0.25, -0.2) is 0 Å². The van der Waals surface area contributed by atoms with Crippen LogP contribution in [-0.2, 0) is 0 Å². The third kappa shape index (κ3) is 2.95. The molecule has 1 unspecified atom stereocenters. The first kappa shape index (κ1) is 13.6. The molecule has 1 aromatic carbocycles. The van der Waals surface area contributed by atoms with Crippen LogP contribution in [-0.4, -0.2) is 6.54 Å². The van der Waals surface area contributed by atoms with Crippen molar-refractivity contribution in [1.29, 1.82) is 0 Å². The second kappa shape index (κ2) is 5.88. The van der Waals surface area contributed by atoms with Crippen LogP contribution in [0, 0.1) is 12.3 Å². The Hall–Kier alpha value is -0.820. The molecular weight excluding hydrogens is 218 g/mol. The predicted molar refractivity (Wildman–Crippen MR) is 78.8 cm³/mol. The maximum Gasteiger partial charge on any atom is 0.0374 e. The molecule has 1 aliphatic rings. The van der Waals surface area contributed by atoms with Gasteiger partial charge in [0.05, 0.1) is 0 Å². The van der Waals surface area contributed by atoms with Crippen LogP contribution in [0.25, 0.3) is 0 Å². The van der Waals surface area contributed by atoms with Crippen LogP contribution in [0.5, 0.6) is 0 Å². The van der Waals surface area contributed by atoms with Gasteiger partial charge in [0.25, 0.3) is 0 Å². The summed E-state index contributed by atoms with van der Waals surface area (Å²) in [7, 11) is 0. The largest absolute Gasteiger partial charge is 0.309 e. The van der Waals surface area contributed by atoms with E-state index in [1.165, 1.54) is 43.2 Å². The van der Waals surface area contributed by atoms with Crippen LogP contribution in [0.1, 0.15) is 63.1 Å². The summed E-state index contributed by atoms with van der Waals surface area (Å²) in [5, 5.41) is 3.79. The van der Waals surface area contributed by atoms with Crippen molar-refractivity contribution < 1.29 is 0 Å². The van der Waals surface area contributed by atoms with Crippen molar-refractivity contribution in [2.45, 2.75) is 58.9 Å². The first-order valence-electron chi connectivity index (χ1n) is 7.46. The van der Waals surface area contributed by atoms with Crippen LogP contribution in [0.15, 0.2) is 24.3 Å². The average molecular weight is 245 g/mol. The Labute approximate surface area is 112 Å². The lowest BCUT2D eigenvalue weighted by molar-refractivity contribution is 0.223. The van der Waals surface area contributed by atoms with E-state index in [0.29, 0.717) is 11.5 Å². The number of rotatable bonds is 5. The zero-order chi connectivity index (χ0) is 13.0. The SMILES string of the molecule is CCCNC(c1ccc(C)cc1)C1(C)CCCC1. The monoisotopic (exact) mass is 245 g/mol. The van der Waals surface area contributed by atoms with Crippen molar-refractivity contribution >= 4 is 0 Å². The first-order valence-corrected chi connectivity index (χ1v) is 7.46. The van der Waals surface area contributed by atoms with E-state index in [1.54, 1.807) is 0 Å². The summed E-state index contributed by atoms with van der Waals surface area (Å²) in [6, 6.07) is 9.64. The molecule has 1 fully saturated rings. The van der Waals surface area contributed by atoms with Crippen molar-refractivity contribution in [3.8, 4) is 0 Å². The smallest absolute Gasteiger partial charge is 0.0374 e. The summed E-state index contributed by atoms with van der Waals surface area (Å²) in [6.07, 6.45) is 6.72. The Morgan fingerprint density at radius 1 is 1.17 bits per heavy atom. The fraction of sp³-hybridized carbons (Fsp3) is 0.647. The van der Waals surface area contributed by atoms with E-state index in [1.807, 2.05) is 0 Å². The average Bonchev–Trinajstić information content (AvgIpc) is 2.80. The quantitative estimate of drug-likeness (QED) is 0.798. The lowest BCUT2D eigenvalue weighted by Crippen LogP contribution is -2.35. The van der Waals surface area contributed by atoms with E-state index < -0.39 is 0 Å². The summed E-state index contributed by atoms with van der Waals surface area (Å²) in [4.78, 5) is 0. The van der Waals surface area contributed by atoms with Gasteiger partial charge >= 0.3 is 0 Å². The van der Waals surface area contributed by atoms with Gasteiger partial charge in [0.2, 0.25) is 0 Å². The molecule has 0 heterocycles. The molecule has 100 valence electrons. The molecule has 0 aromatic heterocycles. The van der Waals surface area contributed by atoms with Crippen LogP contribution >= 0.6 is 0 Å². The second-order valence-electron chi connectivity index (χ2n) is 6.16. The van der Waals surface area contributed by atoms with E-state index in [4.69, 9.17) is 0 Å². The van der Waals surface area contributed by atoms with Crippen LogP contribution < -0.4 is 5.32 Å². The standard InChI is InChI=1S/C17H27N/c1-4-13-18-16(17(3)11-5-6-12-17)15-9-7-14(2)8-10-15/h7-10,16,18H,4-6,11-13H2,1-3H3. The molecule has 0 aliphatic heterocycles. The van der Waals surface area contributed by atoms with Gasteiger partial charge in [-0.1, -0.05) is 56.5 Å². The van der Waals surface area contributed by atoms with Crippen molar-refractivity contribution in [3.63, 3.8) is 0 Å². The van der Waals surface area contributed by atoms with Gasteiger partial charge in [0.15, 0.2) is 0 Å². The maximum atomic E-state index is 3.79. The van der Waals surface area contributed by atoms with Crippen LogP contribution in [0.4, 0.5) is 0 Å². The molecule has 1 atom stereocenters. The molecule has 0 radical (unpaired) electrons. The molecule has 2 rings (SSSR count). The summed E-state index contributed by atoms with van der Waals surface area (Å²) < 4.78 is 0. The zero-order valence-electron chi connectivity index (χ0n) is 12.1. The van der Waals surface area contributed by atoms with Gasteiger partial charge in [0, 0.05) is 6.04 Å². The van der Waals surface area contributed by atoms with E-state index in [2.05, 4.69) is 50.4 Å². The Morgan fingerprint density at radius 3 is 2.33 bits per heavy atom. The number of hydrogen-bond acceptors (Lipinski definition) is 1. The third-order valence-corrected chi connectivity index (χ3v) is 4.45. The van der Waals surface area contributed by atoms with E-state index in [-0.39, 0.29) is 0 Å². The third-order valence-electron chi connectivity index (χ3n) is 4.45. The van der Waals surface area contributed by atoms with Crippen LogP contribution in [0.3, 0.4) is 0 Å². The Kier molecular flexibility index (Phi) is 4.45. The molecule has 1 aromatic rings. The molecule has 0 bridgehead atoms. The number of nitrogens with one attached hydrogen (secondary N) is 1. The minimum absolute atomic E-state index is 0.449.